The van der Waals surface area contributed by atoms with Crippen LogP contribution in [0.5, 0.6) is 0 Å². The molecule has 0 aliphatic rings. The fourth-order valence-electron chi connectivity index (χ4n) is 1.59. The van der Waals surface area contributed by atoms with Gasteiger partial charge in [-0.05, 0) is 45.9 Å². The molecule has 0 fully saturated rings. The fraction of sp³-hybridized carbons (Fsp3) is 0.462. The third kappa shape index (κ3) is 3.66. The van der Waals surface area contributed by atoms with Gasteiger partial charge in [0.05, 0.1) is 0 Å². The monoisotopic (exact) mass is 220 g/mol. The minimum Gasteiger partial charge on any atom is -0.347 e. The van der Waals surface area contributed by atoms with E-state index in [9.17, 15) is 4.79 Å². The second-order valence-corrected chi connectivity index (χ2v) is 4.75. The molecule has 16 heavy (non-hydrogen) atoms. The first-order valence-corrected chi connectivity index (χ1v) is 5.54. The van der Waals surface area contributed by atoms with Crippen LogP contribution in [0.25, 0.3) is 0 Å². The standard InChI is InChI=1S/C13H20N2O/c1-10-5-4-6-11(9-10)12(16)15-13(2,3)7-8-14/h4-6,9H,7-8,14H2,1-3H3,(H,15,16). The van der Waals surface area contributed by atoms with Crippen LogP contribution in [0, 0.1) is 6.92 Å². The molecule has 1 aromatic carbocycles. The topological polar surface area (TPSA) is 55.1 Å². The highest BCUT2D eigenvalue weighted by Crippen LogP contribution is 2.10. The van der Waals surface area contributed by atoms with Gasteiger partial charge >= 0.3 is 0 Å². The minimum atomic E-state index is -0.254. The Morgan fingerprint density at radius 3 is 2.69 bits per heavy atom. The van der Waals surface area contributed by atoms with Crippen LogP contribution in [0.3, 0.4) is 0 Å². The van der Waals surface area contributed by atoms with Crippen LogP contribution < -0.4 is 11.1 Å². The molecule has 3 heteroatoms. The molecule has 0 atom stereocenters. The van der Waals surface area contributed by atoms with Crippen molar-refractivity contribution in [3.05, 3.63) is 35.4 Å². The van der Waals surface area contributed by atoms with Crippen molar-refractivity contribution in [3.8, 4) is 0 Å². The van der Waals surface area contributed by atoms with E-state index in [0.717, 1.165) is 12.0 Å². The molecular formula is C13H20N2O. The summed E-state index contributed by atoms with van der Waals surface area (Å²) in [5, 5.41) is 2.98. The predicted molar refractivity (Wildman–Crippen MR) is 66.4 cm³/mol. The third-order valence-corrected chi connectivity index (χ3v) is 2.50. The molecule has 0 bridgehead atoms. The molecular weight excluding hydrogens is 200 g/mol. The van der Waals surface area contributed by atoms with Crippen molar-refractivity contribution in [2.45, 2.75) is 32.7 Å². The second-order valence-electron chi connectivity index (χ2n) is 4.75. The number of amides is 1. The minimum absolute atomic E-state index is 0.0397. The van der Waals surface area contributed by atoms with E-state index >= 15 is 0 Å². The van der Waals surface area contributed by atoms with Crippen molar-refractivity contribution in [1.82, 2.24) is 5.32 Å². The third-order valence-electron chi connectivity index (χ3n) is 2.50. The number of rotatable bonds is 4. The molecule has 3 N–H and O–H groups in total. The fourth-order valence-corrected chi connectivity index (χ4v) is 1.59. The molecule has 0 heterocycles. The zero-order chi connectivity index (χ0) is 12.2. The summed E-state index contributed by atoms with van der Waals surface area (Å²) >= 11 is 0. The first kappa shape index (κ1) is 12.7. The summed E-state index contributed by atoms with van der Waals surface area (Å²) in [5.41, 5.74) is 7.03. The smallest absolute Gasteiger partial charge is 0.251 e. The summed E-state index contributed by atoms with van der Waals surface area (Å²) in [4.78, 5) is 11.9. The Kier molecular flexibility index (Phi) is 4.07. The van der Waals surface area contributed by atoms with Gasteiger partial charge in [0.1, 0.15) is 0 Å². The van der Waals surface area contributed by atoms with Crippen LogP contribution in [0.4, 0.5) is 0 Å². The van der Waals surface area contributed by atoms with Crippen LogP contribution >= 0.6 is 0 Å². The number of aryl methyl sites for hydroxylation is 1. The summed E-state index contributed by atoms with van der Waals surface area (Å²) in [5.74, 6) is -0.0397. The number of nitrogens with two attached hydrogens (primary N) is 1. The van der Waals surface area contributed by atoms with Gasteiger partial charge in [-0.2, -0.15) is 0 Å². The van der Waals surface area contributed by atoms with Gasteiger partial charge in [0.15, 0.2) is 0 Å². The first-order valence-electron chi connectivity index (χ1n) is 5.54. The zero-order valence-electron chi connectivity index (χ0n) is 10.2. The van der Waals surface area contributed by atoms with E-state index in [1.54, 1.807) is 0 Å². The number of hydrogen-bond donors (Lipinski definition) is 2. The van der Waals surface area contributed by atoms with Gasteiger partial charge in [-0.15, -0.1) is 0 Å². The Morgan fingerprint density at radius 2 is 2.12 bits per heavy atom. The van der Waals surface area contributed by atoms with Gasteiger partial charge in [0, 0.05) is 11.1 Å². The molecule has 0 saturated carbocycles. The van der Waals surface area contributed by atoms with E-state index in [4.69, 9.17) is 5.73 Å². The normalized spacial score (nSPS) is 11.2. The molecule has 0 aliphatic heterocycles. The highest BCUT2D eigenvalue weighted by Gasteiger charge is 2.19. The molecule has 88 valence electrons. The van der Waals surface area contributed by atoms with Crippen LogP contribution in [-0.2, 0) is 0 Å². The van der Waals surface area contributed by atoms with Crippen LogP contribution in [-0.4, -0.2) is 18.0 Å². The Hall–Kier alpha value is -1.35. The largest absolute Gasteiger partial charge is 0.347 e. The molecule has 0 unspecified atom stereocenters. The molecule has 3 nitrogen and oxygen atoms in total. The Morgan fingerprint density at radius 1 is 1.44 bits per heavy atom. The van der Waals surface area contributed by atoms with Crippen LogP contribution in [0.1, 0.15) is 36.2 Å². The molecule has 1 aromatic rings. The maximum absolute atomic E-state index is 11.9. The maximum Gasteiger partial charge on any atom is 0.251 e. The van der Waals surface area contributed by atoms with Gasteiger partial charge in [-0.3, -0.25) is 4.79 Å². The van der Waals surface area contributed by atoms with Gasteiger partial charge < -0.3 is 11.1 Å². The summed E-state index contributed by atoms with van der Waals surface area (Å²) in [6.45, 7) is 6.50. The van der Waals surface area contributed by atoms with Crippen molar-refractivity contribution in [2.75, 3.05) is 6.54 Å². The van der Waals surface area contributed by atoms with Crippen LogP contribution in [0.15, 0.2) is 24.3 Å². The van der Waals surface area contributed by atoms with Gasteiger partial charge in [0.2, 0.25) is 0 Å². The number of nitrogens with one attached hydrogen (secondary N) is 1. The molecule has 0 saturated heterocycles. The second kappa shape index (κ2) is 5.12. The van der Waals surface area contributed by atoms with Gasteiger partial charge in [-0.25, -0.2) is 0 Å². The van der Waals surface area contributed by atoms with Crippen molar-refractivity contribution >= 4 is 5.91 Å². The van der Waals surface area contributed by atoms with E-state index in [1.165, 1.54) is 0 Å². The lowest BCUT2D eigenvalue weighted by Gasteiger charge is -2.25. The van der Waals surface area contributed by atoms with Crippen LogP contribution in [0.2, 0.25) is 0 Å². The first-order chi connectivity index (χ1) is 7.44. The van der Waals surface area contributed by atoms with E-state index in [-0.39, 0.29) is 11.4 Å². The Labute approximate surface area is 97.0 Å². The van der Waals surface area contributed by atoms with E-state index < -0.39 is 0 Å². The summed E-state index contributed by atoms with van der Waals surface area (Å²) < 4.78 is 0. The molecule has 0 aliphatic carbocycles. The van der Waals surface area contributed by atoms with Crippen molar-refractivity contribution in [1.29, 1.82) is 0 Å². The summed E-state index contributed by atoms with van der Waals surface area (Å²) in [6.07, 6.45) is 0.768. The molecule has 0 radical (unpaired) electrons. The Bertz CT molecular complexity index is 372. The molecule has 0 spiro atoms. The molecule has 0 aromatic heterocycles. The molecule has 1 rings (SSSR count). The number of benzene rings is 1. The number of carbonyl (C=O) groups is 1. The van der Waals surface area contributed by atoms with Crippen molar-refractivity contribution in [2.24, 2.45) is 5.73 Å². The zero-order valence-corrected chi connectivity index (χ0v) is 10.2. The predicted octanol–water partition coefficient (Wildman–Crippen LogP) is 1.85. The highest BCUT2D eigenvalue weighted by molar-refractivity contribution is 5.94. The van der Waals surface area contributed by atoms with Crippen molar-refractivity contribution in [3.63, 3.8) is 0 Å². The van der Waals surface area contributed by atoms with Crippen molar-refractivity contribution < 1.29 is 4.79 Å². The van der Waals surface area contributed by atoms with E-state index in [2.05, 4.69) is 5.32 Å². The average molecular weight is 220 g/mol. The SMILES string of the molecule is Cc1cccc(C(=O)NC(C)(C)CCN)c1. The lowest BCUT2D eigenvalue weighted by Crippen LogP contribution is -2.44. The summed E-state index contributed by atoms with van der Waals surface area (Å²) in [7, 11) is 0. The number of carbonyl (C=O) groups excluding carboxylic acids is 1. The van der Waals surface area contributed by atoms with E-state index in [1.807, 2.05) is 45.0 Å². The highest BCUT2D eigenvalue weighted by atomic mass is 16.1. The quantitative estimate of drug-likeness (QED) is 0.813. The molecule has 1 amide bonds. The van der Waals surface area contributed by atoms with Gasteiger partial charge in [-0.1, -0.05) is 17.7 Å². The van der Waals surface area contributed by atoms with Gasteiger partial charge in [0.25, 0.3) is 5.91 Å². The lowest BCUT2D eigenvalue weighted by molar-refractivity contribution is 0.0910. The lowest BCUT2D eigenvalue weighted by atomic mass is 10.00. The number of hydrogen-bond acceptors (Lipinski definition) is 2. The van der Waals surface area contributed by atoms with E-state index in [0.29, 0.717) is 12.1 Å². The summed E-state index contributed by atoms with van der Waals surface area (Å²) in [6, 6.07) is 7.57. The maximum atomic E-state index is 11.9. The average Bonchev–Trinajstić information content (AvgIpc) is 2.16. The Balaban J connectivity index is 2.72.